The number of hydrogen-bond donors (Lipinski definition) is 1. The van der Waals surface area contributed by atoms with Crippen LogP contribution >= 0.6 is 15.9 Å². The summed E-state index contributed by atoms with van der Waals surface area (Å²) in [6.07, 6.45) is 24.3. The lowest BCUT2D eigenvalue weighted by Gasteiger charge is -2.37. The Balaban J connectivity index is 0.000000150. The van der Waals surface area contributed by atoms with E-state index < -0.39 is 0 Å². The molecule has 4 aliphatic carbocycles. The Labute approximate surface area is 330 Å². The van der Waals surface area contributed by atoms with Gasteiger partial charge in [-0.3, -0.25) is 9.59 Å². The lowest BCUT2D eigenvalue weighted by molar-refractivity contribution is 0.0824. The molecular weight excluding hydrogens is 739 g/mol. The first-order chi connectivity index (χ1) is 26.4. The van der Waals surface area contributed by atoms with Gasteiger partial charge in [0.25, 0.3) is 0 Å². The van der Waals surface area contributed by atoms with E-state index in [4.69, 9.17) is 14.5 Å². The third kappa shape index (κ3) is 11.3. The molecule has 0 aromatic heterocycles. The summed E-state index contributed by atoms with van der Waals surface area (Å²) < 4.78 is 18.1. The van der Waals surface area contributed by atoms with E-state index in [2.05, 4.69) is 69.1 Å². The third-order valence-corrected chi connectivity index (χ3v) is 12.7. The SMILES string of the molecule is Brc1ccc(OC2CCC3(CCCC3)CC2)cc1.O=Cc1cccc(-c2ccc(OC3CCC4(CCCC4)CC3)cc2)c1.O=Cc1cccc(O[B]O)c1. The Morgan fingerprint density at radius 3 is 1.50 bits per heavy atom. The lowest BCUT2D eigenvalue weighted by atomic mass is 9.72. The standard InChI is InChI=1S/C23H26O2.C16H21BrO.C7H6BO3/c24-17-18-4-3-5-20(16-18)19-6-8-21(9-7-19)25-22-10-14-23(15-11-22)12-1-2-13-23;17-13-3-5-14(6-4-13)18-15-7-11-16(12-8-15)9-1-2-10-16;9-5-6-2-1-3-7(4-6)11-8-10/h3-9,16-17,22H,1-2,10-15H2;3-6,15H,1-2,7-12H2;1-5,10H. The van der Waals surface area contributed by atoms with Crippen molar-refractivity contribution in [2.75, 3.05) is 0 Å². The number of rotatable bonds is 9. The van der Waals surface area contributed by atoms with Gasteiger partial charge in [-0.25, -0.2) is 0 Å². The molecule has 1 N–H and O–H groups in total. The Morgan fingerprint density at radius 1 is 0.556 bits per heavy atom. The second-order valence-corrected chi connectivity index (χ2v) is 16.6. The number of benzene rings is 4. The highest BCUT2D eigenvalue weighted by Crippen LogP contribution is 2.50. The van der Waals surface area contributed by atoms with Gasteiger partial charge in [-0.1, -0.05) is 84.1 Å². The minimum absolute atomic E-state index is 0.371. The zero-order valence-corrected chi connectivity index (χ0v) is 32.9. The average Bonchev–Trinajstić information content (AvgIpc) is 3.88. The quantitative estimate of drug-likeness (QED) is 0.134. The summed E-state index contributed by atoms with van der Waals surface area (Å²) in [5.74, 6) is 2.42. The molecular formula is C46H53BBrO6. The van der Waals surface area contributed by atoms with Gasteiger partial charge in [0.05, 0.1) is 12.2 Å². The van der Waals surface area contributed by atoms with Crippen LogP contribution < -0.4 is 14.1 Å². The molecule has 6 nitrogen and oxygen atoms in total. The lowest BCUT2D eigenvalue weighted by Crippen LogP contribution is -2.30. The van der Waals surface area contributed by atoms with Crippen molar-refractivity contribution in [3.8, 4) is 28.4 Å². The van der Waals surface area contributed by atoms with Crippen LogP contribution in [0.25, 0.3) is 11.1 Å². The number of ether oxygens (including phenoxy) is 2. The smallest absolute Gasteiger partial charge is 0.537 e. The Kier molecular flexibility index (Phi) is 14.5. The minimum Gasteiger partial charge on any atom is -0.537 e. The maximum Gasteiger partial charge on any atom is 0.569 e. The predicted octanol–water partition coefficient (Wildman–Crippen LogP) is 11.8. The van der Waals surface area contributed by atoms with E-state index >= 15 is 0 Å². The largest absolute Gasteiger partial charge is 0.569 e. The highest BCUT2D eigenvalue weighted by molar-refractivity contribution is 9.10. The van der Waals surface area contributed by atoms with E-state index in [1.54, 1.807) is 18.2 Å². The van der Waals surface area contributed by atoms with E-state index in [1.807, 2.05) is 24.3 Å². The van der Waals surface area contributed by atoms with E-state index in [9.17, 15) is 9.59 Å². The molecule has 0 atom stereocenters. The summed E-state index contributed by atoms with van der Waals surface area (Å²) in [4.78, 5) is 21.2. The minimum atomic E-state index is 0.371. The highest BCUT2D eigenvalue weighted by Gasteiger charge is 2.39. The maximum atomic E-state index is 10.9. The Morgan fingerprint density at radius 2 is 1.02 bits per heavy atom. The van der Waals surface area contributed by atoms with Crippen molar-refractivity contribution < 1.29 is 28.7 Å². The number of halogens is 1. The monoisotopic (exact) mass is 791 g/mol. The number of carbonyl (C=O) groups is 2. The topological polar surface area (TPSA) is 82.1 Å². The van der Waals surface area contributed by atoms with Crippen LogP contribution in [-0.2, 0) is 0 Å². The summed E-state index contributed by atoms with van der Waals surface area (Å²) >= 11 is 3.46. The summed E-state index contributed by atoms with van der Waals surface area (Å²) in [6.45, 7) is 0. The first-order valence-corrected chi connectivity index (χ1v) is 20.6. The van der Waals surface area contributed by atoms with E-state index in [0.717, 1.165) is 33.4 Å². The average molecular weight is 793 g/mol. The van der Waals surface area contributed by atoms with Crippen LogP contribution in [0.2, 0.25) is 0 Å². The molecule has 0 aliphatic heterocycles. The second kappa shape index (κ2) is 19.6. The van der Waals surface area contributed by atoms with Gasteiger partial charge in [-0.15, -0.1) is 0 Å². The van der Waals surface area contributed by atoms with Crippen LogP contribution in [0.15, 0.2) is 102 Å². The molecule has 54 heavy (non-hydrogen) atoms. The van der Waals surface area contributed by atoms with Gasteiger partial charge in [0.15, 0.2) is 0 Å². The fourth-order valence-corrected chi connectivity index (χ4v) is 9.29. The van der Waals surface area contributed by atoms with Gasteiger partial charge in [-0.2, -0.15) is 0 Å². The fraction of sp³-hybridized carbons (Fsp3) is 0.435. The summed E-state index contributed by atoms with van der Waals surface area (Å²) in [7, 11) is 0.573. The molecule has 2 spiro atoms. The molecule has 0 heterocycles. The Bertz CT molecular complexity index is 1740. The normalized spacial score (nSPS) is 19.8. The van der Waals surface area contributed by atoms with Gasteiger partial charge in [0, 0.05) is 15.6 Å². The van der Waals surface area contributed by atoms with Crippen molar-refractivity contribution in [3.63, 3.8) is 0 Å². The van der Waals surface area contributed by atoms with Crippen molar-refractivity contribution in [2.24, 2.45) is 10.8 Å². The zero-order chi connectivity index (χ0) is 37.6. The van der Waals surface area contributed by atoms with Crippen molar-refractivity contribution in [1.29, 1.82) is 0 Å². The molecule has 4 aliphatic rings. The molecule has 0 bridgehead atoms. The van der Waals surface area contributed by atoms with Gasteiger partial charge < -0.3 is 19.2 Å². The zero-order valence-electron chi connectivity index (χ0n) is 31.3. The van der Waals surface area contributed by atoms with Crippen LogP contribution in [0.5, 0.6) is 17.2 Å². The van der Waals surface area contributed by atoms with Crippen molar-refractivity contribution >= 4 is 36.2 Å². The molecule has 0 saturated heterocycles. The molecule has 283 valence electrons. The molecule has 0 unspecified atom stereocenters. The molecule has 4 aromatic carbocycles. The second-order valence-electron chi connectivity index (χ2n) is 15.7. The molecule has 0 amide bonds. The van der Waals surface area contributed by atoms with Gasteiger partial charge in [0.2, 0.25) is 0 Å². The maximum absolute atomic E-state index is 10.9. The number of aldehydes is 2. The van der Waals surface area contributed by atoms with Gasteiger partial charge >= 0.3 is 7.69 Å². The Hall–Kier alpha value is -3.88. The molecule has 8 rings (SSSR count). The van der Waals surface area contributed by atoms with Crippen LogP contribution in [0.1, 0.15) is 123 Å². The number of hydrogen-bond acceptors (Lipinski definition) is 6. The van der Waals surface area contributed by atoms with Crippen molar-refractivity contribution in [2.45, 2.75) is 115 Å². The molecule has 8 heteroatoms. The summed E-state index contributed by atoms with van der Waals surface area (Å²) in [5.41, 5.74) is 4.78. The molecule has 4 aromatic rings. The first kappa shape index (κ1) is 39.8. The first-order valence-electron chi connectivity index (χ1n) is 19.8. The number of carbonyl (C=O) groups excluding carboxylic acids is 2. The molecule has 4 fully saturated rings. The van der Waals surface area contributed by atoms with Crippen LogP contribution in [0, 0.1) is 10.8 Å². The van der Waals surface area contributed by atoms with Crippen molar-refractivity contribution in [1.82, 2.24) is 0 Å². The van der Waals surface area contributed by atoms with E-state index in [-0.39, 0.29) is 0 Å². The predicted molar refractivity (Wildman–Crippen MR) is 219 cm³/mol. The van der Waals surface area contributed by atoms with Gasteiger partial charge in [0.1, 0.15) is 29.8 Å². The third-order valence-electron chi connectivity index (χ3n) is 12.1. The molecule has 1 radical (unpaired) electrons. The van der Waals surface area contributed by atoms with Crippen molar-refractivity contribution in [3.05, 3.63) is 113 Å². The molecule has 4 saturated carbocycles. The van der Waals surface area contributed by atoms with E-state index in [0.29, 0.717) is 53.9 Å². The summed E-state index contributed by atoms with van der Waals surface area (Å²) in [6, 6.07) is 30.7. The van der Waals surface area contributed by atoms with Gasteiger partial charge in [-0.05, 0) is 154 Å². The fourth-order valence-electron chi connectivity index (χ4n) is 9.03. The van der Waals surface area contributed by atoms with Crippen LogP contribution in [-0.4, -0.2) is 37.5 Å². The highest BCUT2D eigenvalue weighted by atomic mass is 79.9. The van der Waals surface area contributed by atoms with Crippen LogP contribution in [0.4, 0.5) is 0 Å². The van der Waals surface area contributed by atoms with Crippen LogP contribution in [0.3, 0.4) is 0 Å². The summed E-state index contributed by atoms with van der Waals surface area (Å²) in [5, 5.41) is 8.25. The van der Waals surface area contributed by atoms with E-state index in [1.165, 1.54) is 109 Å².